The average molecular weight is 388 g/mol. The SMILES string of the molecule is Cc1cc(C)nc(-c2cccc(C(=O)N3CCC(Oc4ncccn4)CC3)c2)c1. The molecule has 3 heterocycles. The Morgan fingerprint density at radius 2 is 1.79 bits per heavy atom. The largest absolute Gasteiger partial charge is 0.460 e. The molecule has 4 rings (SSSR count). The van der Waals surface area contributed by atoms with E-state index >= 15 is 0 Å². The summed E-state index contributed by atoms with van der Waals surface area (Å²) < 4.78 is 5.82. The summed E-state index contributed by atoms with van der Waals surface area (Å²) in [5.74, 6) is 0.0469. The molecule has 1 aliphatic rings. The first-order valence-corrected chi connectivity index (χ1v) is 9.87. The maximum absolute atomic E-state index is 13.0. The summed E-state index contributed by atoms with van der Waals surface area (Å²) in [5, 5.41) is 0. The number of ether oxygens (including phenoxy) is 1. The smallest absolute Gasteiger partial charge is 0.316 e. The highest BCUT2D eigenvalue weighted by atomic mass is 16.5. The van der Waals surface area contributed by atoms with E-state index in [2.05, 4.69) is 21.9 Å². The predicted molar refractivity (Wildman–Crippen MR) is 111 cm³/mol. The van der Waals surface area contributed by atoms with Gasteiger partial charge in [0.05, 0.1) is 5.69 Å². The third kappa shape index (κ3) is 4.59. The summed E-state index contributed by atoms with van der Waals surface area (Å²) in [7, 11) is 0. The molecule has 0 saturated carbocycles. The Morgan fingerprint density at radius 3 is 2.52 bits per heavy atom. The van der Waals surface area contributed by atoms with Crippen molar-refractivity contribution in [2.45, 2.75) is 32.8 Å². The number of hydrogen-bond acceptors (Lipinski definition) is 5. The van der Waals surface area contributed by atoms with Gasteiger partial charge in [-0.2, -0.15) is 0 Å². The minimum Gasteiger partial charge on any atom is -0.460 e. The standard InChI is InChI=1S/C23H24N4O2/c1-16-13-17(2)26-21(14-16)18-5-3-6-19(15-18)22(28)27-11-7-20(8-12-27)29-23-24-9-4-10-25-23/h3-6,9-10,13-15,20H,7-8,11-12H2,1-2H3. The molecule has 6 nitrogen and oxygen atoms in total. The number of benzene rings is 1. The normalized spacial score (nSPS) is 14.6. The lowest BCUT2D eigenvalue weighted by Gasteiger charge is -2.31. The van der Waals surface area contributed by atoms with Crippen molar-refractivity contribution in [1.82, 2.24) is 19.9 Å². The summed E-state index contributed by atoms with van der Waals surface area (Å²) in [6.07, 6.45) is 4.90. The number of likely N-dealkylation sites (tertiary alicyclic amines) is 1. The lowest BCUT2D eigenvalue weighted by molar-refractivity contribution is 0.0578. The van der Waals surface area contributed by atoms with Gasteiger partial charge in [0.1, 0.15) is 6.10 Å². The van der Waals surface area contributed by atoms with Crippen LogP contribution in [0.1, 0.15) is 34.5 Å². The lowest BCUT2D eigenvalue weighted by Crippen LogP contribution is -2.41. The molecule has 2 aromatic heterocycles. The van der Waals surface area contributed by atoms with Gasteiger partial charge < -0.3 is 9.64 Å². The van der Waals surface area contributed by atoms with Gasteiger partial charge in [-0.25, -0.2) is 9.97 Å². The highest BCUT2D eigenvalue weighted by Gasteiger charge is 2.25. The first-order valence-electron chi connectivity index (χ1n) is 9.87. The Hall–Kier alpha value is -3.28. The molecule has 0 N–H and O–H groups in total. The van der Waals surface area contributed by atoms with Gasteiger partial charge in [0.2, 0.25) is 0 Å². The number of rotatable bonds is 4. The third-order valence-corrected chi connectivity index (χ3v) is 5.05. The van der Waals surface area contributed by atoms with Crippen LogP contribution in [0.25, 0.3) is 11.3 Å². The first-order chi connectivity index (χ1) is 14.1. The molecule has 1 aromatic carbocycles. The molecule has 29 heavy (non-hydrogen) atoms. The lowest BCUT2D eigenvalue weighted by atomic mass is 10.0. The zero-order chi connectivity index (χ0) is 20.2. The topological polar surface area (TPSA) is 68.2 Å². The van der Waals surface area contributed by atoms with Gasteiger partial charge in [-0.3, -0.25) is 9.78 Å². The quantitative estimate of drug-likeness (QED) is 0.679. The monoisotopic (exact) mass is 388 g/mol. The Labute approximate surface area is 170 Å². The minimum absolute atomic E-state index is 0.0345. The maximum atomic E-state index is 13.0. The number of piperidine rings is 1. The van der Waals surface area contributed by atoms with Gasteiger partial charge in [-0.15, -0.1) is 0 Å². The van der Waals surface area contributed by atoms with Crippen LogP contribution in [-0.4, -0.2) is 45.0 Å². The average Bonchev–Trinajstić information content (AvgIpc) is 2.74. The molecule has 0 bridgehead atoms. The summed E-state index contributed by atoms with van der Waals surface area (Å²) in [4.78, 5) is 27.7. The Balaban J connectivity index is 1.43. The van der Waals surface area contributed by atoms with Crippen molar-refractivity contribution in [1.29, 1.82) is 0 Å². The number of aryl methyl sites for hydroxylation is 2. The molecular weight excluding hydrogens is 364 g/mol. The number of carbonyl (C=O) groups is 1. The Bertz CT molecular complexity index is 979. The van der Waals surface area contributed by atoms with E-state index in [4.69, 9.17) is 4.74 Å². The van der Waals surface area contributed by atoms with E-state index in [9.17, 15) is 4.79 Å². The Kier molecular flexibility index (Phi) is 5.51. The molecule has 0 unspecified atom stereocenters. The number of carbonyl (C=O) groups excluding carboxylic acids is 1. The van der Waals surface area contributed by atoms with E-state index in [1.54, 1.807) is 18.5 Å². The second-order valence-electron chi connectivity index (χ2n) is 7.39. The minimum atomic E-state index is 0.0345. The van der Waals surface area contributed by atoms with Crippen LogP contribution in [-0.2, 0) is 0 Å². The summed E-state index contributed by atoms with van der Waals surface area (Å²) >= 11 is 0. The number of aromatic nitrogens is 3. The molecule has 3 aromatic rings. The van der Waals surface area contributed by atoms with Crippen LogP contribution in [0.15, 0.2) is 54.9 Å². The Morgan fingerprint density at radius 1 is 1.03 bits per heavy atom. The molecule has 0 aliphatic carbocycles. The molecule has 0 atom stereocenters. The van der Waals surface area contributed by atoms with Crippen molar-refractivity contribution in [2.24, 2.45) is 0 Å². The van der Waals surface area contributed by atoms with E-state index in [1.165, 1.54) is 0 Å². The highest BCUT2D eigenvalue weighted by molar-refractivity contribution is 5.95. The number of amides is 1. The van der Waals surface area contributed by atoms with E-state index in [1.807, 2.05) is 48.2 Å². The van der Waals surface area contributed by atoms with Crippen LogP contribution in [0.2, 0.25) is 0 Å². The first kappa shape index (κ1) is 19.1. The predicted octanol–water partition coefficient (Wildman–Crippen LogP) is 3.84. The summed E-state index contributed by atoms with van der Waals surface area (Å²) in [5.41, 5.74) is 4.68. The van der Waals surface area contributed by atoms with Gasteiger partial charge in [-0.05, 0) is 49.7 Å². The summed E-state index contributed by atoms with van der Waals surface area (Å²) in [6, 6.07) is 14.0. The van der Waals surface area contributed by atoms with E-state index in [0.717, 1.165) is 35.4 Å². The van der Waals surface area contributed by atoms with Gasteiger partial charge in [0.25, 0.3) is 5.91 Å². The van der Waals surface area contributed by atoms with Crippen molar-refractivity contribution in [3.63, 3.8) is 0 Å². The van der Waals surface area contributed by atoms with Crippen LogP contribution >= 0.6 is 0 Å². The van der Waals surface area contributed by atoms with Crippen molar-refractivity contribution in [2.75, 3.05) is 13.1 Å². The van der Waals surface area contributed by atoms with Crippen molar-refractivity contribution < 1.29 is 9.53 Å². The fourth-order valence-corrected chi connectivity index (χ4v) is 3.66. The number of hydrogen-bond donors (Lipinski definition) is 0. The van der Waals surface area contributed by atoms with Gasteiger partial charge in [0.15, 0.2) is 0 Å². The van der Waals surface area contributed by atoms with Crippen LogP contribution < -0.4 is 4.74 Å². The maximum Gasteiger partial charge on any atom is 0.316 e. The van der Waals surface area contributed by atoms with E-state index < -0.39 is 0 Å². The highest BCUT2D eigenvalue weighted by Crippen LogP contribution is 2.23. The van der Waals surface area contributed by atoms with Crippen LogP contribution in [0, 0.1) is 13.8 Å². The van der Waals surface area contributed by atoms with Crippen molar-refractivity contribution in [3.05, 3.63) is 71.7 Å². The van der Waals surface area contributed by atoms with E-state index in [0.29, 0.717) is 24.7 Å². The van der Waals surface area contributed by atoms with Crippen molar-refractivity contribution in [3.8, 4) is 17.3 Å². The van der Waals surface area contributed by atoms with Gasteiger partial charge in [0, 0.05) is 55.1 Å². The molecule has 0 radical (unpaired) electrons. The molecule has 1 amide bonds. The summed E-state index contributed by atoms with van der Waals surface area (Å²) in [6.45, 7) is 5.35. The molecule has 6 heteroatoms. The number of nitrogens with zero attached hydrogens (tertiary/aromatic N) is 4. The van der Waals surface area contributed by atoms with Crippen LogP contribution in [0.5, 0.6) is 6.01 Å². The molecule has 148 valence electrons. The fourth-order valence-electron chi connectivity index (χ4n) is 3.66. The van der Waals surface area contributed by atoms with E-state index in [-0.39, 0.29) is 12.0 Å². The van der Waals surface area contributed by atoms with Gasteiger partial charge >= 0.3 is 6.01 Å². The molecular formula is C23H24N4O2. The third-order valence-electron chi connectivity index (χ3n) is 5.05. The molecule has 1 saturated heterocycles. The molecule has 1 fully saturated rings. The zero-order valence-corrected chi connectivity index (χ0v) is 16.7. The van der Waals surface area contributed by atoms with Crippen molar-refractivity contribution >= 4 is 5.91 Å². The zero-order valence-electron chi connectivity index (χ0n) is 16.7. The molecule has 0 spiro atoms. The second kappa shape index (κ2) is 8.39. The fraction of sp³-hybridized carbons (Fsp3) is 0.304. The van der Waals surface area contributed by atoms with Gasteiger partial charge in [-0.1, -0.05) is 12.1 Å². The second-order valence-corrected chi connectivity index (χ2v) is 7.39. The molecule has 1 aliphatic heterocycles. The van der Waals surface area contributed by atoms with Crippen LogP contribution in [0.4, 0.5) is 0 Å². The van der Waals surface area contributed by atoms with Crippen LogP contribution in [0.3, 0.4) is 0 Å². The number of pyridine rings is 1.